The zero-order valence-electron chi connectivity index (χ0n) is 6.04. The highest BCUT2D eigenvalue weighted by atomic mass is 35.5. The SMILES string of the molecule is CNCC(O)c1cnc(Cl)o1. The summed E-state index contributed by atoms with van der Waals surface area (Å²) in [7, 11) is 1.74. The van der Waals surface area contributed by atoms with Crippen LogP contribution in [0.1, 0.15) is 11.9 Å². The summed E-state index contributed by atoms with van der Waals surface area (Å²) in [5, 5.41) is 12.1. The molecule has 0 radical (unpaired) electrons. The van der Waals surface area contributed by atoms with Crippen molar-refractivity contribution in [3.05, 3.63) is 17.3 Å². The van der Waals surface area contributed by atoms with Gasteiger partial charge in [-0.1, -0.05) is 0 Å². The standard InChI is InChI=1S/C6H9ClN2O2/c1-8-2-4(10)5-3-9-6(7)11-5/h3-4,8,10H,2H2,1H3. The highest BCUT2D eigenvalue weighted by molar-refractivity contribution is 6.27. The number of aromatic nitrogens is 1. The molecule has 1 atom stereocenters. The van der Waals surface area contributed by atoms with Crippen LogP contribution in [0.15, 0.2) is 10.6 Å². The number of aliphatic hydroxyl groups is 1. The summed E-state index contributed by atoms with van der Waals surface area (Å²) in [5.41, 5.74) is 0. The smallest absolute Gasteiger partial charge is 0.292 e. The van der Waals surface area contributed by atoms with Crippen molar-refractivity contribution in [2.45, 2.75) is 6.10 Å². The van der Waals surface area contributed by atoms with Gasteiger partial charge >= 0.3 is 0 Å². The summed E-state index contributed by atoms with van der Waals surface area (Å²) in [6.45, 7) is 0.422. The fourth-order valence-electron chi connectivity index (χ4n) is 0.712. The van der Waals surface area contributed by atoms with Crippen molar-refractivity contribution in [1.82, 2.24) is 10.3 Å². The molecule has 0 saturated carbocycles. The molecule has 0 aliphatic heterocycles. The number of halogens is 1. The minimum absolute atomic E-state index is 0.0511. The molecule has 11 heavy (non-hydrogen) atoms. The van der Waals surface area contributed by atoms with Crippen molar-refractivity contribution in [3.63, 3.8) is 0 Å². The van der Waals surface area contributed by atoms with Crippen LogP contribution >= 0.6 is 11.6 Å². The van der Waals surface area contributed by atoms with Crippen molar-refractivity contribution < 1.29 is 9.52 Å². The Morgan fingerprint density at radius 1 is 1.91 bits per heavy atom. The lowest BCUT2D eigenvalue weighted by molar-refractivity contribution is 0.150. The Bertz CT molecular complexity index is 226. The third-order valence-corrected chi connectivity index (χ3v) is 1.40. The van der Waals surface area contributed by atoms with Crippen molar-refractivity contribution >= 4 is 11.6 Å². The maximum Gasteiger partial charge on any atom is 0.292 e. The second-order valence-corrected chi connectivity index (χ2v) is 2.41. The quantitative estimate of drug-likeness (QED) is 0.708. The van der Waals surface area contributed by atoms with Gasteiger partial charge in [-0.3, -0.25) is 0 Å². The minimum Gasteiger partial charge on any atom is -0.430 e. The fraction of sp³-hybridized carbons (Fsp3) is 0.500. The average Bonchev–Trinajstić information content (AvgIpc) is 2.36. The van der Waals surface area contributed by atoms with Gasteiger partial charge in [-0.05, 0) is 18.6 Å². The van der Waals surface area contributed by atoms with E-state index in [0.717, 1.165) is 0 Å². The van der Waals surface area contributed by atoms with E-state index in [1.54, 1.807) is 7.05 Å². The molecule has 0 aliphatic carbocycles. The van der Waals surface area contributed by atoms with Gasteiger partial charge in [0.1, 0.15) is 6.10 Å². The molecule has 62 valence electrons. The molecule has 0 aliphatic rings. The van der Waals surface area contributed by atoms with Crippen molar-refractivity contribution in [2.24, 2.45) is 0 Å². The Labute approximate surface area is 69.2 Å². The molecule has 1 rings (SSSR count). The molecule has 2 N–H and O–H groups in total. The molecule has 5 heteroatoms. The van der Waals surface area contributed by atoms with Crippen LogP contribution in [-0.2, 0) is 0 Å². The van der Waals surface area contributed by atoms with Gasteiger partial charge in [0.2, 0.25) is 0 Å². The van der Waals surface area contributed by atoms with Crippen LogP contribution in [0, 0.1) is 0 Å². The van der Waals surface area contributed by atoms with Crippen LogP contribution in [0.4, 0.5) is 0 Å². The van der Waals surface area contributed by atoms with Gasteiger partial charge in [0.25, 0.3) is 5.35 Å². The number of hydrogen-bond acceptors (Lipinski definition) is 4. The molecule has 1 heterocycles. The topological polar surface area (TPSA) is 58.3 Å². The lowest BCUT2D eigenvalue weighted by Crippen LogP contribution is -2.16. The van der Waals surface area contributed by atoms with Gasteiger partial charge in [-0.25, -0.2) is 4.98 Å². The fourth-order valence-corrected chi connectivity index (χ4v) is 0.850. The molecule has 1 aromatic rings. The molecule has 0 spiro atoms. The highest BCUT2D eigenvalue weighted by Gasteiger charge is 2.10. The number of aliphatic hydroxyl groups excluding tert-OH is 1. The van der Waals surface area contributed by atoms with E-state index in [4.69, 9.17) is 16.0 Å². The lowest BCUT2D eigenvalue weighted by Gasteiger charge is -2.03. The van der Waals surface area contributed by atoms with E-state index < -0.39 is 6.10 Å². The molecular weight excluding hydrogens is 168 g/mol. The summed E-state index contributed by atoms with van der Waals surface area (Å²) in [4.78, 5) is 3.63. The van der Waals surface area contributed by atoms with Gasteiger partial charge in [-0.15, -0.1) is 0 Å². The van der Waals surface area contributed by atoms with E-state index in [0.29, 0.717) is 12.3 Å². The molecule has 0 saturated heterocycles. The number of rotatable bonds is 3. The number of nitrogens with zero attached hydrogens (tertiary/aromatic N) is 1. The Hall–Kier alpha value is -0.580. The monoisotopic (exact) mass is 176 g/mol. The zero-order chi connectivity index (χ0) is 8.27. The molecule has 0 bridgehead atoms. The number of oxazole rings is 1. The summed E-state index contributed by atoms with van der Waals surface area (Å²) < 4.78 is 4.86. The molecule has 0 fully saturated rings. The van der Waals surface area contributed by atoms with E-state index in [-0.39, 0.29) is 5.35 Å². The highest BCUT2D eigenvalue weighted by Crippen LogP contribution is 2.15. The first kappa shape index (κ1) is 8.52. The maximum atomic E-state index is 9.28. The summed E-state index contributed by atoms with van der Waals surface area (Å²) in [5.74, 6) is 0.379. The van der Waals surface area contributed by atoms with Gasteiger partial charge < -0.3 is 14.8 Å². The first-order valence-corrected chi connectivity index (χ1v) is 3.55. The Morgan fingerprint density at radius 2 is 2.64 bits per heavy atom. The minimum atomic E-state index is -0.681. The van der Waals surface area contributed by atoms with Crippen LogP contribution in [0.3, 0.4) is 0 Å². The summed E-state index contributed by atoms with van der Waals surface area (Å²) in [6.07, 6.45) is 0.727. The van der Waals surface area contributed by atoms with Crippen LogP contribution in [0.5, 0.6) is 0 Å². The number of nitrogens with one attached hydrogen (secondary N) is 1. The molecule has 1 unspecified atom stereocenters. The van der Waals surface area contributed by atoms with Crippen molar-refractivity contribution in [3.8, 4) is 0 Å². The van der Waals surface area contributed by atoms with Crippen LogP contribution in [-0.4, -0.2) is 23.7 Å². The maximum absolute atomic E-state index is 9.28. The molecule has 1 aromatic heterocycles. The van der Waals surface area contributed by atoms with Crippen molar-refractivity contribution in [1.29, 1.82) is 0 Å². The number of hydrogen-bond donors (Lipinski definition) is 2. The Balaban J connectivity index is 2.60. The van der Waals surface area contributed by atoms with E-state index in [9.17, 15) is 5.11 Å². The van der Waals surface area contributed by atoms with Gasteiger partial charge in [0.15, 0.2) is 5.76 Å². The van der Waals surface area contributed by atoms with Crippen LogP contribution in [0.2, 0.25) is 5.35 Å². The average molecular weight is 177 g/mol. The molecule has 4 nitrogen and oxygen atoms in total. The Morgan fingerprint density at radius 3 is 3.09 bits per heavy atom. The molecule has 0 aromatic carbocycles. The van der Waals surface area contributed by atoms with Crippen LogP contribution in [0.25, 0.3) is 0 Å². The third-order valence-electron chi connectivity index (χ3n) is 1.22. The zero-order valence-corrected chi connectivity index (χ0v) is 6.80. The van der Waals surface area contributed by atoms with Crippen LogP contribution < -0.4 is 5.32 Å². The third kappa shape index (κ3) is 2.18. The second-order valence-electron chi connectivity index (χ2n) is 2.09. The predicted molar refractivity (Wildman–Crippen MR) is 40.4 cm³/mol. The largest absolute Gasteiger partial charge is 0.430 e. The number of likely N-dealkylation sites (N-methyl/N-ethyl adjacent to an activating group) is 1. The van der Waals surface area contributed by atoms with Gasteiger partial charge in [-0.2, -0.15) is 0 Å². The molecular formula is C6H9ClN2O2. The lowest BCUT2D eigenvalue weighted by atomic mass is 10.3. The first-order chi connectivity index (χ1) is 5.24. The predicted octanol–water partition coefficient (Wildman–Crippen LogP) is 0.581. The summed E-state index contributed by atoms with van der Waals surface area (Å²) >= 11 is 5.40. The summed E-state index contributed by atoms with van der Waals surface area (Å²) in [6, 6.07) is 0. The van der Waals surface area contributed by atoms with Gasteiger partial charge in [0, 0.05) is 6.54 Å². The second kappa shape index (κ2) is 3.71. The Kier molecular flexibility index (Phi) is 2.87. The van der Waals surface area contributed by atoms with E-state index in [2.05, 4.69) is 10.3 Å². The van der Waals surface area contributed by atoms with Gasteiger partial charge in [0.05, 0.1) is 6.20 Å². The van der Waals surface area contributed by atoms with E-state index in [1.807, 2.05) is 0 Å². The van der Waals surface area contributed by atoms with Crippen molar-refractivity contribution in [2.75, 3.05) is 13.6 Å². The van der Waals surface area contributed by atoms with E-state index in [1.165, 1.54) is 6.20 Å². The first-order valence-electron chi connectivity index (χ1n) is 3.18. The van der Waals surface area contributed by atoms with E-state index >= 15 is 0 Å². The molecule has 0 amide bonds. The normalized spacial score (nSPS) is 13.4.